The lowest BCUT2D eigenvalue weighted by Crippen LogP contribution is -2.60. The minimum Gasteiger partial charge on any atom is -0.530 e. The first-order chi connectivity index (χ1) is 13.4. The van der Waals surface area contributed by atoms with Gasteiger partial charge in [0.2, 0.25) is 5.91 Å². The summed E-state index contributed by atoms with van der Waals surface area (Å²) in [5, 5.41) is 14.5. The lowest BCUT2D eigenvalue weighted by atomic mass is 9.95. The van der Waals surface area contributed by atoms with E-state index in [0.29, 0.717) is 24.4 Å². The Bertz CT molecular complexity index is 808. The van der Waals surface area contributed by atoms with Gasteiger partial charge >= 0.3 is 6.18 Å². The molecule has 0 bridgehead atoms. The molecule has 1 aromatic carbocycles. The summed E-state index contributed by atoms with van der Waals surface area (Å²) in [6, 6.07) is 3.92. The molecule has 1 fully saturated rings. The zero-order valence-corrected chi connectivity index (χ0v) is 16.1. The molecule has 7 nitrogen and oxygen atoms in total. The third kappa shape index (κ3) is 4.20. The molecule has 0 saturated heterocycles. The highest BCUT2D eigenvalue weighted by Gasteiger charge is 2.52. The third-order valence-corrected chi connectivity index (χ3v) is 5.54. The van der Waals surface area contributed by atoms with Crippen molar-refractivity contribution in [3.63, 3.8) is 0 Å². The fourth-order valence-corrected chi connectivity index (χ4v) is 3.58. The molecule has 2 aliphatic rings. The van der Waals surface area contributed by atoms with Crippen LogP contribution in [0.2, 0.25) is 0 Å². The quantitative estimate of drug-likeness (QED) is 0.742. The van der Waals surface area contributed by atoms with Crippen molar-refractivity contribution in [3.8, 4) is 5.75 Å². The standard InChI is InChI=1S/C19H24F3N3O4/c1-18(2,19(20,21)22)25(17(27)28)11-5-6-15-14(7-11)24-9-12(29-15)8-13(16(23)26)10-3-4-10/h5-7,10,12-13,24H,3-4,8-9H2,1-2H3,(H2,23,26)(H,27,28)/p-1/t12-,13+/m0/s1. The Morgan fingerprint density at radius 2 is 2.00 bits per heavy atom. The Hall–Kier alpha value is -2.65. The van der Waals surface area contributed by atoms with E-state index in [-0.39, 0.29) is 34.4 Å². The van der Waals surface area contributed by atoms with Crippen molar-refractivity contribution in [1.29, 1.82) is 0 Å². The van der Waals surface area contributed by atoms with Gasteiger partial charge in [0.15, 0.2) is 0 Å². The molecule has 1 aliphatic carbocycles. The number of alkyl halides is 3. The molecule has 1 heterocycles. The second-order valence-corrected chi connectivity index (χ2v) is 8.04. The maximum atomic E-state index is 13.4. The largest absolute Gasteiger partial charge is 0.530 e. The van der Waals surface area contributed by atoms with E-state index in [4.69, 9.17) is 10.5 Å². The molecule has 0 spiro atoms. The first kappa shape index (κ1) is 21.1. The summed E-state index contributed by atoms with van der Waals surface area (Å²) < 4.78 is 46.0. The molecule has 1 saturated carbocycles. The first-order valence-corrected chi connectivity index (χ1v) is 9.33. The highest BCUT2D eigenvalue weighted by molar-refractivity contribution is 5.88. The maximum Gasteiger partial charge on any atom is 0.411 e. The number of benzene rings is 1. The lowest BCUT2D eigenvalue weighted by Gasteiger charge is -2.42. The molecule has 0 unspecified atom stereocenters. The summed E-state index contributed by atoms with van der Waals surface area (Å²) in [6.45, 7) is 1.86. The molecule has 10 heteroatoms. The average molecular weight is 414 g/mol. The van der Waals surface area contributed by atoms with Gasteiger partial charge in [0, 0.05) is 11.6 Å². The third-order valence-electron chi connectivity index (χ3n) is 5.54. The normalized spacial score (nSPS) is 20.1. The van der Waals surface area contributed by atoms with Crippen LogP contribution >= 0.6 is 0 Å². The van der Waals surface area contributed by atoms with E-state index < -0.39 is 17.8 Å². The Kier molecular flexibility index (Phi) is 5.31. The number of hydrogen-bond acceptors (Lipinski definition) is 5. The van der Waals surface area contributed by atoms with Gasteiger partial charge in [0.1, 0.15) is 23.5 Å². The van der Waals surface area contributed by atoms with Crippen molar-refractivity contribution in [1.82, 2.24) is 0 Å². The van der Waals surface area contributed by atoms with E-state index in [1.165, 1.54) is 18.2 Å². The Labute approximate surface area is 166 Å². The molecule has 1 aliphatic heterocycles. The number of anilines is 2. The monoisotopic (exact) mass is 414 g/mol. The van der Waals surface area contributed by atoms with Crippen LogP contribution in [-0.2, 0) is 4.79 Å². The fraction of sp³-hybridized carbons (Fsp3) is 0.579. The summed E-state index contributed by atoms with van der Waals surface area (Å²) in [5.41, 5.74) is 2.97. The number of carbonyl (C=O) groups is 2. The van der Waals surface area contributed by atoms with Gasteiger partial charge in [-0.2, -0.15) is 13.2 Å². The van der Waals surface area contributed by atoms with Crippen LogP contribution in [0, 0.1) is 11.8 Å². The average Bonchev–Trinajstić information content (AvgIpc) is 3.42. The number of carbonyl (C=O) groups excluding carboxylic acids is 2. The van der Waals surface area contributed by atoms with Gasteiger partial charge < -0.3 is 30.6 Å². The van der Waals surface area contributed by atoms with Crippen LogP contribution in [-0.4, -0.2) is 36.4 Å². The van der Waals surface area contributed by atoms with Gasteiger partial charge in [-0.1, -0.05) is 0 Å². The number of primary amides is 1. The van der Waals surface area contributed by atoms with E-state index in [9.17, 15) is 27.9 Å². The van der Waals surface area contributed by atoms with Crippen molar-refractivity contribution >= 4 is 23.4 Å². The molecular weight excluding hydrogens is 391 g/mol. The van der Waals surface area contributed by atoms with Crippen LogP contribution < -0.4 is 25.8 Å². The van der Waals surface area contributed by atoms with Crippen LogP contribution in [0.25, 0.3) is 0 Å². The van der Waals surface area contributed by atoms with Crippen molar-refractivity contribution in [2.75, 3.05) is 16.8 Å². The number of carboxylic acid groups (broad SMARTS) is 1. The van der Waals surface area contributed by atoms with Crippen LogP contribution in [0.1, 0.15) is 33.1 Å². The molecule has 0 radical (unpaired) electrons. The van der Waals surface area contributed by atoms with Crippen LogP contribution in [0.5, 0.6) is 5.75 Å². The van der Waals surface area contributed by atoms with E-state index >= 15 is 0 Å². The summed E-state index contributed by atoms with van der Waals surface area (Å²) in [4.78, 5) is 23.3. The van der Waals surface area contributed by atoms with Gasteiger partial charge in [0.05, 0.1) is 12.2 Å². The van der Waals surface area contributed by atoms with Crippen LogP contribution in [0.3, 0.4) is 0 Å². The van der Waals surface area contributed by atoms with Crippen LogP contribution in [0.15, 0.2) is 18.2 Å². The Morgan fingerprint density at radius 1 is 1.34 bits per heavy atom. The number of amides is 2. The van der Waals surface area contributed by atoms with Crippen molar-refractivity contribution in [2.45, 2.75) is 50.9 Å². The van der Waals surface area contributed by atoms with Crippen molar-refractivity contribution in [3.05, 3.63) is 18.2 Å². The number of halogens is 3. The second kappa shape index (κ2) is 7.31. The molecule has 29 heavy (non-hydrogen) atoms. The van der Waals surface area contributed by atoms with Crippen LogP contribution in [0.4, 0.5) is 29.3 Å². The molecular formula is C19H23F3N3O4-. The van der Waals surface area contributed by atoms with E-state index in [1.807, 2.05) is 0 Å². The summed E-state index contributed by atoms with van der Waals surface area (Å²) in [6.07, 6.45) is -4.72. The Balaban J connectivity index is 1.80. The van der Waals surface area contributed by atoms with Gasteiger partial charge in [-0.05, 0) is 57.2 Å². The Morgan fingerprint density at radius 3 is 2.52 bits per heavy atom. The molecule has 2 atom stereocenters. The van der Waals surface area contributed by atoms with E-state index in [2.05, 4.69) is 5.32 Å². The van der Waals surface area contributed by atoms with Crippen molar-refractivity contribution in [2.24, 2.45) is 17.6 Å². The summed E-state index contributed by atoms with van der Waals surface area (Å²) >= 11 is 0. The minimum absolute atomic E-state index is 0.178. The molecule has 3 rings (SSSR count). The number of hydrogen-bond donors (Lipinski definition) is 2. The highest BCUT2D eigenvalue weighted by atomic mass is 19.4. The fourth-order valence-electron chi connectivity index (χ4n) is 3.58. The number of nitrogens with two attached hydrogens (primary N) is 1. The number of rotatable bonds is 6. The molecule has 1 aromatic rings. The minimum atomic E-state index is -4.80. The second-order valence-electron chi connectivity index (χ2n) is 8.04. The number of nitrogens with one attached hydrogen (secondary N) is 1. The summed E-state index contributed by atoms with van der Waals surface area (Å²) in [7, 11) is 0. The molecule has 2 amide bonds. The SMILES string of the molecule is CC(C)(N(C(=O)[O-])c1ccc2c(c1)NC[C@H](C[C@@H](C(N)=O)C1CC1)O2)C(F)(F)F. The van der Waals surface area contributed by atoms with Gasteiger partial charge in [-0.15, -0.1) is 0 Å². The van der Waals surface area contributed by atoms with Crippen molar-refractivity contribution < 1.29 is 32.6 Å². The lowest BCUT2D eigenvalue weighted by molar-refractivity contribution is -0.254. The van der Waals surface area contributed by atoms with E-state index in [0.717, 1.165) is 26.7 Å². The summed E-state index contributed by atoms with van der Waals surface area (Å²) in [5.74, 6) is 0.00763. The maximum absolute atomic E-state index is 13.4. The zero-order chi connectivity index (χ0) is 21.6. The number of nitrogens with zero attached hydrogens (tertiary/aromatic N) is 1. The topological polar surface area (TPSA) is 108 Å². The number of fused-ring (bicyclic) bond motifs is 1. The van der Waals surface area contributed by atoms with Gasteiger partial charge in [0.25, 0.3) is 0 Å². The van der Waals surface area contributed by atoms with E-state index in [1.54, 1.807) is 0 Å². The smallest absolute Gasteiger partial charge is 0.411 e. The number of ether oxygens (including phenoxy) is 1. The van der Waals surface area contributed by atoms with Gasteiger partial charge in [-0.25, -0.2) is 0 Å². The zero-order valence-electron chi connectivity index (χ0n) is 16.1. The highest BCUT2D eigenvalue weighted by Crippen LogP contribution is 2.42. The predicted octanol–water partition coefficient (Wildman–Crippen LogP) is 2.25. The first-order valence-electron chi connectivity index (χ1n) is 9.33. The van der Waals surface area contributed by atoms with Gasteiger partial charge in [-0.3, -0.25) is 4.79 Å². The molecule has 0 aromatic heterocycles. The molecule has 3 N–H and O–H groups in total. The molecule has 160 valence electrons. The predicted molar refractivity (Wildman–Crippen MR) is 97.4 cm³/mol.